The minimum Gasteiger partial charge on any atom is -0.481 e. The van der Waals surface area contributed by atoms with Crippen LogP contribution in [-0.2, 0) is 4.79 Å². The number of amides is 2. The average Bonchev–Trinajstić information content (AvgIpc) is 2.39. The predicted molar refractivity (Wildman–Crippen MR) is 77.7 cm³/mol. The highest BCUT2D eigenvalue weighted by Gasteiger charge is 2.15. The molecule has 0 bridgehead atoms. The maximum Gasteiger partial charge on any atom is 0.315 e. The number of carboxylic acid groups (broad SMARTS) is 1. The summed E-state index contributed by atoms with van der Waals surface area (Å²) in [6.45, 7) is 7.12. The Morgan fingerprint density at radius 2 is 1.85 bits per heavy atom. The largest absolute Gasteiger partial charge is 0.481 e. The third-order valence-electron chi connectivity index (χ3n) is 3.64. The summed E-state index contributed by atoms with van der Waals surface area (Å²) in [5, 5.41) is 14.3. The van der Waals surface area contributed by atoms with Gasteiger partial charge in [0.15, 0.2) is 0 Å². The second-order valence-corrected chi connectivity index (χ2v) is 5.69. The molecule has 0 radical (unpaired) electrons. The fourth-order valence-electron chi connectivity index (χ4n) is 2.38. The highest BCUT2D eigenvalue weighted by atomic mass is 16.4. The number of nitrogens with zero attached hydrogens (tertiary/aromatic N) is 1. The molecule has 0 spiro atoms. The molecule has 1 aliphatic rings. The Bertz CT molecular complexity index is 317. The van der Waals surface area contributed by atoms with E-state index in [1.54, 1.807) is 6.92 Å². The molecule has 2 amide bonds. The Hall–Kier alpha value is -1.30. The van der Waals surface area contributed by atoms with Crippen molar-refractivity contribution in [2.45, 2.75) is 45.6 Å². The molecule has 6 heteroatoms. The van der Waals surface area contributed by atoms with Crippen molar-refractivity contribution in [3.63, 3.8) is 0 Å². The van der Waals surface area contributed by atoms with Crippen molar-refractivity contribution in [3.8, 4) is 0 Å². The molecule has 1 fully saturated rings. The van der Waals surface area contributed by atoms with Crippen LogP contribution in [0.3, 0.4) is 0 Å². The van der Waals surface area contributed by atoms with Crippen LogP contribution in [0.15, 0.2) is 0 Å². The minimum absolute atomic E-state index is 0.102. The van der Waals surface area contributed by atoms with E-state index in [4.69, 9.17) is 5.11 Å². The van der Waals surface area contributed by atoms with Crippen LogP contribution in [0, 0.1) is 5.92 Å². The van der Waals surface area contributed by atoms with E-state index < -0.39 is 11.9 Å². The summed E-state index contributed by atoms with van der Waals surface area (Å²) in [6, 6.07) is -0.114. The lowest BCUT2D eigenvalue weighted by molar-refractivity contribution is -0.141. The van der Waals surface area contributed by atoms with Crippen molar-refractivity contribution >= 4 is 12.0 Å². The van der Waals surface area contributed by atoms with Gasteiger partial charge in [-0.15, -0.1) is 0 Å². The third kappa shape index (κ3) is 6.75. The van der Waals surface area contributed by atoms with Gasteiger partial charge < -0.3 is 20.6 Å². The molecule has 2 atom stereocenters. The molecular formula is C14H27N3O3. The molecule has 1 heterocycles. The van der Waals surface area contributed by atoms with Crippen molar-refractivity contribution in [3.05, 3.63) is 0 Å². The van der Waals surface area contributed by atoms with Crippen LogP contribution < -0.4 is 10.6 Å². The van der Waals surface area contributed by atoms with Gasteiger partial charge >= 0.3 is 12.0 Å². The van der Waals surface area contributed by atoms with Crippen molar-refractivity contribution in [2.75, 3.05) is 26.2 Å². The van der Waals surface area contributed by atoms with Gasteiger partial charge in [-0.25, -0.2) is 4.79 Å². The Kier molecular flexibility index (Phi) is 7.36. The van der Waals surface area contributed by atoms with Crippen molar-refractivity contribution in [1.29, 1.82) is 0 Å². The first-order chi connectivity index (χ1) is 9.49. The maximum absolute atomic E-state index is 11.7. The number of nitrogens with one attached hydrogen (secondary N) is 2. The molecule has 1 saturated heterocycles. The standard InChI is InChI=1S/C14H27N3O3/c1-11(13(18)19)6-7-15-14(20)16-12(2)10-17-8-4-3-5-9-17/h11-12H,3-10H2,1-2H3,(H,18,19)(H2,15,16,20). The minimum atomic E-state index is -0.828. The van der Waals surface area contributed by atoms with E-state index in [2.05, 4.69) is 15.5 Å². The number of likely N-dealkylation sites (tertiary alicyclic amines) is 1. The summed E-state index contributed by atoms with van der Waals surface area (Å²) in [4.78, 5) is 24.7. The molecule has 0 aromatic carbocycles. The van der Waals surface area contributed by atoms with Crippen LogP contribution in [0.25, 0.3) is 0 Å². The second-order valence-electron chi connectivity index (χ2n) is 5.69. The van der Waals surface area contributed by atoms with E-state index in [0.717, 1.165) is 19.6 Å². The topological polar surface area (TPSA) is 81.7 Å². The van der Waals surface area contributed by atoms with Crippen LogP contribution in [0.5, 0.6) is 0 Å². The van der Waals surface area contributed by atoms with E-state index >= 15 is 0 Å². The zero-order chi connectivity index (χ0) is 15.0. The molecule has 1 aliphatic heterocycles. The molecule has 116 valence electrons. The van der Waals surface area contributed by atoms with E-state index in [0.29, 0.717) is 13.0 Å². The monoisotopic (exact) mass is 285 g/mol. The van der Waals surface area contributed by atoms with Gasteiger partial charge in [0.25, 0.3) is 0 Å². The van der Waals surface area contributed by atoms with Crippen LogP contribution in [0.1, 0.15) is 39.5 Å². The first-order valence-electron chi connectivity index (χ1n) is 7.48. The van der Waals surface area contributed by atoms with Gasteiger partial charge in [-0.3, -0.25) is 4.79 Å². The molecule has 2 unspecified atom stereocenters. The van der Waals surface area contributed by atoms with E-state index in [9.17, 15) is 9.59 Å². The summed E-state index contributed by atoms with van der Waals surface area (Å²) < 4.78 is 0. The highest BCUT2D eigenvalue weighted by Crippen LogP contribution is 2.08. The number of rotatable bonds is 7. The number of hydrogen-bond acceptors (Lipinski definition) is 3. The van der Waals surface area contributed by atoms with E-state index in [1.807, 2.05) is 6.92 Å². The molecule has 0 aromatic heterocycles. The van der Waals surface area contributed by atoms with Crippen molar-refractivity contribution < 1.29 is 14.7 Å². The first kappa shape index (κ1) is 16.8. The lowest BCUT2D eigenvalue weighted by atomic mass is 10.1. The molecule has 0 saturated carbocycles. The number of urea groups is 1. The lowest BCUT2D eigenvalue weighted by Gasteiger charge is -2.29. The van der Waals surface area contributed by atoms with Crippen LogP contribution in [-0.4, -0.2) is 54.2 Å². The van der Waals surface area contributed by atoms with Crippen LogP contribution in [0.4, 0.5) is 4.79 Å². The molecule has 3 N–H and O–H groups in total. The molecule has 20 heavy (non-hydrogen) atoms. The van der Waals surface area contributed by atoms with Crippen molar-refractivity contribution in [2.24, 2.45) is 5.92 Å². The Morgan fingerprint density at radius 1 is 1.20 bits per heavy atom. The number of carboxylic acids is 1. The maximum atomic E-state index is 11.7. The number of hydrogen-bond donors (Lipinski definition) is 3. The zero-order valence-corrected chi connectivity index (χ0v) is 12.5. The molecule has 0 aromatic rings. The zero-order valence-electron chi connectivity index (χ0n) is 12.5. The van der Waals surface area contributed by atoms with Gasteiger partial charge in [0, 0.05) is 19.1 Å². The van der Waals surface area contributed by atoms with Gasteiger partial charge in [0.2, 0.25) is 0 Å². The van der Waals surface area contributed by atoms with Crippen molar-refractivity contribution in [1.82, 2.24) is 15.5 Å². The van der Waals surface area contributed by atoms with Crippen LogP contribution >= 0.6 is 0 Å². The quantitative estimate of drug-likeness (QED) is 0.658. The molecule has 1 rings (SSSR count). The lowest BCUT2D eigenvalue weighted by Crippen LogP contribution is -2.47. The van der Waals surface area contributed by atoms with Gasteiger partial charge in [0.1, 0.15) is 0 Å². The third-order valence-corrected chi connectivity index (χ3v) is 3.64. The Morgan fingerprint density at radius 3 is 2.45 bits per heavy atom. The number of piperidine rings is 1. The number of aliphatic carboxylic acids is 1. The van der Waals surface area contributed by atoms with E-state index in [-0.39, 0.29) is 12.1 Å². The number of carbonyl (C=O) groups is 2. The predicted octanol–water partition coefficient (Wildman–Crippen LogP) is 1.27. The van der Waals surface area contributed by atoms with Gasteiger partial charge in [-0.1, -0.05) is 13.3 Å². The summed E-state index contributed by atoms with van der Waals surface area (Å²) in [5.41, 5.74) is 0. The highest BCUT2D eigenvalue weighted by molar-refractivity contribution is 5.74. The molecule has 6 nitrogen and oxygen atoms in total. The smallest absolute Gasteiger partial charge is 0.315 e. The van der Waals surface area contributed by atoms with E-state index in [1.165, 1.54) is 19.3 Å². The Balaban J connectivity index is 2.12. The van der Waals surface area contributed by atoms with Gasteiger partial charge in [-0.05, 0) is 39.3 Å². The summed E-state index contributed by atoms with van der Waals surface area (Å²) in [5.74, 6) is -1.26. The summed E-state index contributed by atoms with van der Waals surface area (Å²) in [6.07, 6.45) is 4.24. The fraction of sp³-hybridized carbons (Fsp3) is 0.857. The fourth-order valence-corrected chi connectivity index (χ4v) is 2.38. The normalized spacial score (nSPS) is 19.1. The molecular weight excluding hydrogens is 258 g/mol. The average molecular weight is 285 g/mol. The Labute approximate surface area is 120 Å². The summed E-state index contributed by atoms with van der Waals surface area (Å²) >= 11 is 0. The second kappa shape index (κ2) is 8.79. The van der Waals surface area contributed by atoms with Gasteiger partial charge in [-0.2, -0.15) is 0 Å². The first-order valence-corrected chi connectivity index (χ1v) is 7.48. The molecule has 0 aliphatic carbocycles. The van der Waals surface area contributed by atoms with Gasteiger partial charge in [0.05, 0.1) is 5.92 Å². The SMILES string of the molecule is CC(CN1CCCCC1)NC(=O)NCCC(C)C(=O)O. The number of carbonyl (C=O) groups excluding carboxylic acids is 1. The van der Waals surface area contributed by atoms with Crippen LogP contribution in [0.2, 0.25) is 0 Å². The summed E-state index contributed by atoms with van der Waals surface area (Å²) in [7, 11) is 0.